The van der Waals surface area contributed by atoms with E-state index >= 15 is 0 Å². The van der Waals surface area contributed by atoms with Crippen LogP contribution in [-0.4, -0.2) is 0 Å². The molecule has 1 aliphatic carbocycles. The highest BCUT2D eigenvalue weighted by Crippen LogP contribution is 2.61. The minimum Gasteiger partial charge on any atom is -0.0884 e. The molecule has 0 N–H and O–H groups in total. The van der Waals surface area contributed by atoms with Crippen LogP contribution in [0.1, 0.15) is 31.4 Å². The Morgan fingerprint density at radius 1 is 0.947 bits per heavy atom. The first-order valence-corrected chi connectivity index (χ1v) is 7.03. The van der Waals surface area contributed by atoms with Crippen molar-refractivity contribution < 1.29 is 0 Å². The van der Waals surface area contributed by atoms with Crippen LogP contribution in [-0.2, 0) is 5.41 Å². The second kappa shape index (κ2) is 4.70. The molecular formula is C19H20. The van der Waals surface area contributed by atoms with Gasteiger partial charge in [0.15, 0.2) is 0 Å². The Balaban J connectivity index is 2.10. The number of hydrogen-bond donors (Lipinski definition) is 0. The first kappa shape index (κ1) is 12.2. The number of benzene rings is 2. The lowest BCUT2D eigenvalue weighted by atomic mass is 9.84. The second-order valence-corrected chi connectivity index (χ2v) is 5.49. The minimum atomic E-state index is 0.207. The predicted molar refractivity (Wildman–Crippen MR) is 81.2 cm³/mol. The van der Waals surface area contributed by atoms with E-state index in [9.17, 15) is 0 Å². The average molecular weight is 248 g/mol. The van der Waals surface area contributed by atoms with Crippen LogP contribution < -0.4 is 0 Å². The molecule has 1 fully saturated rings. The van der Waals surface area contributed by atoms with E-state index in [1.54, 1.807) is 0 Å². The highest BCUT2D eigenvalue weighted by Gasteiger charge is 2.56. The quantitative estimate of drug-likeness (QED) is 0.673. The van der Waals surface area contributed by atoms with Gasteiger partial charge in [0, 0.05) is 5.41 Å². The van der Waals surface area contributed by atoms with Gasteiger partial charge in [-0.2, -0.15) is 0 Å². The Bertz CT molecular complexity index is 538. The van der Waals surface area contributed by atoms with Crippen LogP contribution in [0.4, 0.5) is 0 Å². The van der Waals surface area contributed by atoms with Crippen molar-refractivity contribution in [3.8, 4) is 0 Å². The van der Waals surface area contributed by atoms with Crippen LogP contribution in [0, 0.1) is 5.92 Å². The number of rotatable bonds is 3. The molecule has 0 nitrogen and oxygen atoms in total. The molecule has 0 spiro atoms. The van der Waals surface area contributed by atoms with Gasteiger partial charge in [0.25, 0.3) is 0 Å². The van der Waals surface area contributed by atoms with Gasteiger partial charge in [0.2, 0.25) is 0 Å². The molecule has 96 valence electrons. The summed E-state index contributed by atoms with van der Waals surface area (Å²) in [5.74, 6) is 0.655. The van der Waals surface area contributed by atoms with Gasteiger partial charge >= 0.3 is 0 Å². The standard InChI is InChI=1S/C19H20/c1-3-15(2)18-14-19(18,16-10-6-4-7-11-16)17-12-8-5-9-13-17/h3-13,18H,14H2,1-2H3/b15-3+. The zero-order valence-corrected chi connectivity index (χ0v) is 11.6. The van der Waals surface area contributed by atoms with E-state index in [4.69, 9.17) is 0 Å². The molecule has 0 heterocycles. The third-order valence-electron chi connectivity index (χ3n) is 4.54. The van der Waals surface area contributed by atoms with E-state index in [-0.39, 0.29) is 5.41 Å². The molecule has 0 aliphatic heterocycles. The molecule has 1 atom stereocenters. The predicted octanol–water partition coefficient (Wildman–Crippen LogP) is 4.96. The fourth-order valence-corrected chi connectivity index (χ4v) is 3.29. The smallest absolute Gasteiger partial charge is 0.0274 e. The SMILES string of the molecule is C/C=C(\C)C1CC1(c1ccccc1)c1ccccc1. The van der Waals surface area contributed by atoms with Gasteiger partial charge in [-0.3, -0.25) is 0 Å². The Morgan fingerprint density at radius 2 is 1.42 bits per heavy atom. The first-order valence-electron chi connectivity index (χ1n) is 7.03. The van der Waals surface area contributed by atoms with E-state index in [1.807, 2.05) is 0 Å². The first-order chi connectivity index (χ1) is 9.29. The van der Waals surface area contributed by atoms with Gasteiger partial charge in [-0.15, -0.1) is 0 Å². The second-order valence-electron chi connectivity index (χ2n) is 5.49. The zero-order chi connectivity index (χ0) is 13.3. The fourth-order valence-electron chi connectivity index (χ4n) is 3.29. The van der Waals surface area contributed by atoms with Crippen molar-refractivity contribution in [1.29, 1.82) is 0 Å². The molecule has 1 aliphatic rings. The molecular weight excluding hydrogens is 228 g/mol. The zero-order valence-electron chi connectivity index (χ0n) is 11.6. The van der Waals surface area contributed by atoms with Crippen molar-refractivity contribution in [3.05, 3.63) is 83.4 Å². The highest BCUT2D eigenvalue weighted by atomic mass is 14.6. The third kappa shape index (κ3) is 1.92. The number of hydrogen-bond acceptors (Lipinski definition) is 0. The van der Waals surface area contributed by atoms with Gasteiger partial charge in [0.05, 0.1) is 0 Å². The van der Waals surface area contributed by atoms with E-state index in [1.165, 1.54) is 23.1 Å². The topological polar surface area (TPSA) is 0 Å². The Labute approximate surface area is 115 Å². The van der Waals surface area contributed by atoms with E-state index < -0.39 is 0 Å². The average Bonchev–Trinajstić information content (AvgIpc) is 3.25. The molecule has 1 unspecified atom stereocenters. The van der Waals surface area contributed by atoms with Gasteiger partial charge in [-0.1, -0.05) is 72.3 Å². The molecule has 2 aromatic rings. The fraction of sp³-hybridized carbons (Fsp3) is 0.263. The lowest BCUT2D eigenvalue weighted by Gasteiger charge is -2.19. The summed E-state index contributed by atoms with van der Waals surface area (Å²) in [6.45, 7) is 4.41. The van der Waals surface area contributed by atoms with Crippen molar-refractivity contribution in [3.63, 3.8) is 0 Å². The normalized spacial score (nSPS) is 21.2. The van der Waals surface area contributed by atoms with Gasteiger partial charge < -0.3 is 0 Å². The number of allylic oxidation sites excluding steroid dienone is 2. The van der Waals surface area contributed by atoms with E-state index in [0.717, 1.165) is 0 Å². The molecule has 3 rings (SSSR count). The minimum absolute atomic E-state index is 0.207. The van der Waals surface area contributed by atoms with Gasteiger partial charge in [-0.25, -0.2) is 0 Å². The molecule has 1 saturated carbocycles. The van der Waals surface area contributed by atoms with Gasteiger partial charge in [0.1, 0.15) is 0 Å². The van der Waals surface area contributed by atoms with Crippen molar-refractivity contribution >= 4 is 0 Å². The van der Waals surface area contributed by atoms with Gasteiger partial charge in [-0.05, 0) is 37.3 Å². The van der Waals surface area contributed by atoms with Crippen LogP contribution in [0.15, 0.2) is 72.3 Å². The molecule has 0 heteroatoms. The molecule has 0 bridgehead atoms. The van der Waals surface area contributed by atoms with Crippen molar-refractivity contribution in [2.45, 2.75) is 25.7 Å². The van der Waals surface area contributed by atoms with E-state index in [0.29, 0.717) is 5.92 Å². The monoisotopic (exact) mass is 248 g/mol. The summed E-state index contributed by atoms with van der Waals surface area (Å²) in [5, 5.41) is 0. The van der Waals surface area contributed by atoms with Crippen LogP contribution >= 0.6 is 0 Å². The molecule has 2 aromatic carbocycles. The summed E-state index contributed by atoms with van der Waals surface area (Å²) >= 11 is 0. The lowest BCUT2D eigenvalue weighted by molar-refractivity contribution is 0.764. The van der Waals surface area contributed by atoms with E-state index in [2.05, 4.69) is 80.6 Å². The van der Waals surface area contributed by atoms with Crippen molar-refractivity contribution in [2.24, 2.45) is 5.92 Å². The van der Waals surface area contributed by atoms with Crippen LogP contribution in [0.25, 0.3) is 0 Å². The largest absolute Gasteiger partial charge is 0.0884 e. The maximum atomic E-state index is 2.27. The maximum Gasteiger partial charge on any atom is 0.0274 e. The summed E-state index contributed by atoms with van der Waals surface area (Å²) in [7, 11) is 0. The lowest BCUT2D eigenvalue weighted by Crippen LogP contribution is -2.12. The van der Waals surface area contributed by atoms with Crippen molar-refractivity contribution in [1.82, 2.24) is 0 Å². The Morgan fingerprint density at radius 3 is 1.84 bits per heavy atom. The van der Waals surface area contributed by atoms with Crippen LogP contribution in [0.2, 0.25) is 0 Å². The van der Waals surface area contributed by atoms with Crippen LogP contribution in [0.5, 0.6) is 0 Å². The molecule has 0 aromatic heterocycles. The highest BCUT2D eigenvalue weighted by molar-refractivity contribution is 5.50. The summed E-state index contributed by atoms with van der Waals surface area (Å²) in [6, 6.07) is 21.9. The maximum absolute atomic E-state index is 2.27. The van der Waals surface area contributed by atoms with Crippen LogP contribution in [0.3, 0.4) is 0 Å². The Kier molecular flexibility index (Phi) is 3.02. The van der Waals surface area contributed by atoms with Crippen molar-refractivity contribution in [2.75, 3.05) is 0 Å². The molecule has 0 radical (unpaired) electrons. The summed E-state index contributed by atoms with van der Waals surface area (Å²) in [5.41, 5.74) is 4.62. The molecule has 0 saturated heterocycles. The summed E-state index contributed by atoms with van der Waals surface area (Å²) in [4.78, 5) is 0. The summed E-state index contributed by atoms with van der Waals surface area (Å²) < 4.78 is 0. The third-order valence-corrected chi connectivity index (χ3v) is 4.54. The molecule has 0 amide bonds. The Hall–Kier alpha value is -1.82. The summed E-state index contributed by atoms with van der Waals surface area (Å²) in [6.07, 6.45) is 3.50. The molecule has 19 heavy (non-hydrogen) atoms.